The zero-order chi connectivity index (χ0) is 30.3. The van der Waals surface area contributed by atoms with Crippen molar-refractivity contribution in [2.75, 3.05) is 17.1 Å². The van der Waals surface area contributed by atoms with Crippen molar-refractivity contribution in [3.63, 3.8) is 0 Å². The Labute approximate surface area is 261 Å². The highest BCUT2D eigenvalue weighted by Gasteiger charge is 2.33. The van der Waals surface area contributed by atoms with Gasteiger partial charge in [0.1, 0.15) is 12.6 Å². The molecule has 41 heavy (non-hydrogen) atoms. The van der Waals surface area contributed by atoms with Crippen LogP contribution in [-0.2, 0) is 32.6 Å². The van der Waals surface area contributed by atoms with Crippen LogP contribution in [-0.4, -0.2) is 50.0 Å². The molecule has 0 aliphatic heterocycles. The summed E-state index contributed by atoms with van der Waals surface area (Å²) in [5.74, 6) is -0.968. The molecule has 0 fully saturated rings. The Morgan fingerprint density at radius 3 is 2.02 bits per heavy atom. The highest BCUT2D eigenvalue weighted by atomic mass is 35.5. The number of benzene rings is 3. The van der Waals surface area contributed by atoms with E-state index in [9.17, 15) is 18.0 Å². The molecule has 12 heteroatoms. The molecule has 3 aromatic rings. The monoisotopic (exact) mass is 657 g/mol. The van der Waals surface area contributed by atoms with E-state index in [1.807, 2.05) is 44.2 Å². The van der Waals surface area contributed by atoms with Crippen LogP contribution in [0.2, 0.25) is 20.1 Å². The number of rotatable bonds is 12. The normalized spacial score (nSPS) is 12.9. The van der Waals surface area contributed by atoms with Crippen molar-refractivity contribution in [1.29, 1.82) is 0 Å². The number of sulfonamides is 1. The molecular formula is C29H31Cl4N3O4S. The fourth-order valence-corrected chi connectivity index (χ4v) is 5.54. The fraction of sp³-hybridized carbons (Fsp3) is 0.310. The average Bonchev–Trinajstić information content (AvgIpc) is 2.92. The predicted octanol–water partition coefficient (Wildman–Crippen LogP) is 6.62. The predicted molar refractivity (Wildman–Crippen MR) is 167 cm³/mol. The minimum absolute atomic E-state index is 0.0277. The van der Waals surface area contributed by atoms with E-state index in [0.29, 0.717) is 17.0 Å². The maximum atomic E-state index is 14.1. The first-order valence-corrected chi connectivity index (χ1v) is 16.2. The Hall–Kier alpha value is -2.49. The lowest BCUT2D eigenvalue weighted by molar-refractivity contribution is -0.140. The van der Waals surface area contributed by atoms with Gasteiger partial charge in [0.25, 0.3) is 0 Å². The van der Waals surface area contributed by atoms with Crippen LogP contribution in [0.25, 0.3) is 0 Å². The summed E-state index contributed by atoms with van der Waals surface area (Å²) in [6, 6.07) is 17.4. The fourth-order valence-electron chi connectivity index (χ4n) is 4.08. The standard InChI is InChI=1S/C29H31Cl4N3O4S/c1-4-19(2)34-29(38)27(15-20-8-6-5-7-9-20)35(17-21-10-12-23(30)25(32)14-21)28(37)18-36(41(3,39)40)22-11-13-24(31)26(33)16-22/h5-14,16,19,27H,4,15,17-18H2,1-3H3,(H,34,38)/t19-,27+/m1/s1. The Morgan fingerprint density at radius 2 is 1.46 bits per heavy atom. The van der Waals surface area contributed by atoms with Crippen molar-refractivity contribution in [3.8, 4) is 0 Å². The molecule has 0 aliphatic rings. The Kier molecular flexibility index (Phi) is 11.8. The molecule has 3 rings (SSSR count). The van der Waals surface area contributed by atoms with Gasteiger partial charge in [-0.05, 0) is 54.8 Å². The van der Waals surface area contributed by atoms with Gasteiger partial charge in [-0.3, -0.25) is 13.9 Å². The van der Waals surface area contributed by atoms with Gasteiger partial charge in [0.2, 0.25) is 21.8 Å². The Balaban J connectivity index is 2.09. The highest BCUT2D eigenvalue weighted by molar-refractivity contribution is 7.92. The minimum Gasteiger partial charge on any atom is -0.352 e. The van der Waals surface area contributed by atoms with E-state index in [2.05, 4.69) is 5.32 Å². The van der Waals surface area contributed by atoms with Gasteiger partial charge in [0, 0.05) is 19.0 Å². The molecule has 7 nitrogen and oxygen atoms in total. The quantitative estimate of drug-likeness (QED) is 0.237. The molecule has 2 amide bonds. The van der Waals surface area contributed by atoms with E-state index >= 15 is 0 Å². The summed E-state index contributed by atoms with van der Waals surface area (Å²) in [4.78, 5) is 29.2. The van der Waals surface area contributed by atoms with Gasteiger partial charge >= 0.3 is 0 Å². The summed E-state index contributed by atoms with van der Waals surface area (Å²) in [5, 5.41) is 3.97. The zero-order valence-electron chi connectivity index (χ0n) is 22.8. The third kappa shape index (κ3) is 9.25. The van der Waals surface area contributed by atoms with Crippen molar-refractivity contribution in [3.05, 3.63) is 97.9 Å². The van der Waals surface area contributed by atoms with Crippen LogP contribution in [0.3, 0.4) is 0 Å². The van der Waals surface area contributed by atoms with Gasteiger partial charge in [-0.1, -0.05) is 89.7 Å². The lowest BCUT2D eigenvalue weighted by Gasteiger charge is -2.34. The number of nitrogens with one attached hydrogen (secondary N) is 1. The second-order valence-electron chi connectivity index (χ2n) is 9.66. The lowest BCUT2D eigenvalue weighted by Crippen LogP contribution is -2.54. The molecule has 0 bridgehead atoms. The molecule has 0 spiro atoms. The van der Waals surface area contributed by atoms with Gasteiger partial charge < -0.3 is 10.2 Å². The summed E-state index contributed by atoms with van der Waals surface area (Å²) < 4.78 is 26.7. The second-order valence-corrected chi connectivity index (χ2v) is 13.2. The molecule has 2 atom stereocenters. The van der Waals surface area contributed by atoms with E-state index in [4.69, 9.17) is 46.4 Å². The molecule has 0 heterocycles. The van der Waals surface area contributed by atoms with Crippen molar-refractivity contribution in [2.24, 2.45) is 0 Å². The van der Waals surface area contributed by atoms with Crippen LogP contribution < -0.4 is 9.62 Å². The maximum absolute atomic E-state index is 14.1. The van der Waals surface area contributed by atoms with E-state index in [1.54, 1.807) is 18.2 Å². The molecule has 0 unspecified atom stereocenters. The number of carbonyl (C=O) groups excluding carboxylic acids is 2. The molecule has 0 aliphatic carbocycles. The summed E-state index contributed by atoms with van der Waals surface area (Å²) in [6.07, 6.45) is 1.87. The number of anilines is 1. The zero-order valence-corrected chi connectivity index (χ0v) is 26.6. The van der Waals surface area contributed by atoms with Crippen LogP contribution in [0.1, 0.15) is 31.4 Å². The molecule has 0 saturated heterocycles. The number of halogens is 4. The molecular weight excluding hydrogens is 628 g/mol. The van der Waals surface area contributed by atoms with Crippen molar-refractivity contribution in [1.82, 2.24) is 10.2 Å². The molecule has 3 aromatic carbocycles. The van der Waals surface area contributed by atoms with Crippen LogP contribution >= 0.6 is 46.4 Å². The number of hydrogen-bond acceptors (Lipinski definition) is 4. The molecule has 0 aromatic heterocycles. The smallest absolute Gasteiger partial charge is 0.244 e. The van der Waals surface area contributed by atoms with E-state index in [1.165, 1.54) is 23.1 Å². The largest absolute Gasteiger partial charge is 0.352 e. The summed E-state index contributed by atoms with van der Waals surface area (Å²) in [5.41, 5.74) is 1.60. The molecule has 0 saturated carbocycles. The topological polar surface area (TPSA) is 86.8 Å². The summed E-state index contributed by atoms with van der Waals surface area (Å²) in [6.45, 7) is 3.20. The molecule has 220 valence electrons. The SMILES string of the molecule is CC[C@@H](C)NC(=O)[C@H](Cc1ccccc1)N(Cc1ccc(Cl)c(Cl)c1)C(=O)CN(c1ccc(Cl)c(Cl)c1)S(C)(=O)=O. The first kappa shape index (κ1) is 33.0. The molecule has 0 radical (unpaired) electrons. The summed E-state index contributed by atoms with van der Waals surface area (Å²) in [7, 11) is -3.94. The number of nitrogens with zero attached hydrogens (tertiary/aromatic N) is 2. The third-order valence-electron chi connectivity index (χ3n) is 6.48. The Morgan fingerprint density at radius 1 is 0.854 bits per heavy atom. The number of hydrogen-bond donors (Lipinski definition) is 1. The van der Waals surface area contributed by atoms with Crippen molar-refractivity contribution < 1.29 is 18.0 Å². The van der Waals surface area contributed by atoms with E-state index < -0.39 is 28.5 Å². The van der Waals surface area contributed by atoms with Crippen LogP contribution in [0, 0.1) is 0 Å². The average molecular weight is 659 g/mol. The van der Waals surface area contributed by atoms with Crippen molar-refractivity contribution >= 4 is 73.9 Å². The van der Waals surface area contributed by atoms with Crippen molar-refractivity contribution in [2.45, 2.75) is 45.3 Å². The second kappa shape index (κ2) is 14.6. The van der Waals surface area contributed by atoms with Gasteiger partial charge in [0.15, 0.2) is 0 Å². The first-order valence-electron chi connectivity index (χ1n) is 12.8. The minimum atomic E-state index is -3.94. The number of carbonyl (C=O) groups is 2. The van der Waals surface area contributed by atoms with Crippen LogP contribution in [0.5, 0.6) is 0 Å². The third-order valence-corrected chi connectivity index (χ3v) is 9.10. The molecule has 1 N–H and O–H groups in total. The van der Waals surface area contributed by atoms with E-state index in [-0.39, 0.29) is 45.7 Å². The Bertz CT molecular complexity index is 1490. The van der Waals surface area contributed by atoms with Crippen LogP contribution in [0.4, 0.5) is 5.69 Å². The number of amides is 2. The highest BCUT2D eigenvalue weighted by Crippen LogP contribution is 2.29. The van der Waals surface area contributed by atoms with Gasteiger partial charge in [0.05, 0.1) is 32.0 Å². The maximum Gasteiger partial charge on any atom is 0.244 e. The van der Waals surface area contributed by atoms with Crippen LogP contribution in [0.15, 0.2) is 66.7 Å². The first-order chi connectivity index (χ1) is 19.3. The van der Waals surface area contributed by atoms with Gasteiger partial charge in [-0.15, -0.1) is 0 Å². The lowest BCUT2D eigenvalue weighted by atomic mass is 10.0. The van der Waals surface area contributed by atoms with E-state index in [0.717, 1.165) is 16.1 Å². The summed E-state index contributed by atoms with van der Waals surface area (Å²) >= 11 is 24.6. The van der Waals surface area contributed by atoms with Gasteiger partial charge in [-0.25, -0.2) is 8.42 Å². The van der Waals surface area contributed by atoms with Gasteiger partial charge in [-0.2, -0.15) is 0 Å².